The van der Waals surface area contributed by atoms with Gasteiger partial charge in [0.25, 0.3) is 0 Å². The van der Waals surface area contributed by atoms with Gasteiger partial charge in [-0.15, -0.1) is 0 Å². The van der Waals surface area contributed by atoms with Crippen LogP contribution in [0.1, 0.15) is 20.3 Å². The Morgan fingerprint density at radius 2 is 2.33 bits per heavy atom. The molecule has 0 atom stereocenters. The van der Waals surface area contributed by atoms with Crippen LogP contribution in [0.25, 0.3) is 0 Å². The lowest BCUT2D eigenvalue weighted by Gasteiger charge is -2.02. The SMILES string of the molecule is CC(C)=C1[C]=CC=CC1. The van der Waals surface area contributed by atoms with Gasteiger partial charge < -0.3 is 0 Å². The lowest BCUT2D eigenvalue weighted by molar-refractivity contribution is 1.16. The third-order valence-corrected chi connectivity index (χ3v) is 1.42. The molecule has 0 aromatic carbocycles. The Kier molecular flexibility index (Phi) is 1.88. The van der Waals surface area contributed by atoms with Crippen molar-refractivity contribution in [3.8, 4) is 0 Å². The maximum Gasteiger partial charge on any atom is -0.00888 e. The fourth-order valence-corrected chi connectivity index (χ4v) is 0.810. The minimum atomic E-state index is 1.05. The van der Waals surface area contributed by atoms with Crippen molar-refractivity contribution in [2.24, 2.45) is 0 Å². The predicted molar refractivity (Wildman–Crippen MR) is 39.9 cm³/mol. The fraction of sp³-hybridized carbons (Fsp3) is 0.333. The molecule has 0 saturated heterocycles. The number of hydrogen-bond donors (Lipinski definition) is 0. The van der Waals surface area contributed by atoms with Crippen molar-refractivity contribution in [1.29, 1.82) is 0 Å². The van der Waals surface area contributed by atoms with Crippen LogP contribution < -0.4 is 0 Å². The van der Waals surface area contributed by atoms with E-state index in [0.29, 0.717) is 0 Å². The summed E-state index contributed by atoms with van der Waals surface area (Å²) in [5.74, 6) is 0. The topological polar surface area (TPSA) is 0 Å². The third kappa shape index (κ3) is 1.56. The monoisotopic (exact) mass is 119 g/mol. The molecule has 47 valence electrons. The molecule has 0 heteroatoms. The Morgan fingerprint density at radius 3 is 2.67 bits per heavy atom. The third-order valence-electron chi connectivity index (χ3n) is 1.42. The Bertz CT molecular complexity index is 176. The molecule has 0 aromatic heterocycles. The van der Waals surface area contributed by atoms with E-state index in [-0.39, 0.29) is 0 Å². The van der Waals surface area contributed by atoms with Crippen molar-refractivity contribution in [1.82, 2.24) is 0 Å². The summed E-state index contributed by atoms with van der Waals surface area (Å²) >= 11 is 0. The van der Waals surface area contributed by atoms with Crippen molar-refractivity contribution >= 4 is 0 Å². The molecule has 0 heterocycles. The van der Waals surface area contributed by atoms with Gasteiger partial charge in [-0.25, -0.2) is 0 Å². The van der Waals surface area contributed by atoms with Gasteiger partial charge in [-0.2, -0.15) is 0 Å². The molecule has 0 unspecified atom stereocenters. The molecule has 0 saturated carbocycles. The second-order valence-electron chi connectivity index (χ2n) is 2.42. The Morgan fingerprint density at radius 1 is 1.56 bits per heavy atom. The highest BCUT2D eigenvalue weighted by Gasteiger charge is 1.94. The van der Waals surface area contributed by atoms with Crippen LogP contribution in [0.4, 0.5) is 0 Å². The zero-order chi connectivity index (χ0) is 6.69. The average molecular weight is 119 g/mol. The Labute approximate surface area is 56.6 Å². The molecule has 1 aliphatic rings. The maximum atomic E-state index is 3.19. The van der Waals surface area contributed by atoms with Gasteiger partial charge in [0, 0.05) is 0 Å². The number of allylic oxidation sites excluding steroid dienone is 6. The largest absolute Gasteiger partial charge is 0.0801 e. The molecule has 0 aromatic rings. The van der Waals surface area contributed by atoms with E-state index >= 15 is 0 Å². The van der Waals surface area contributed by atoms with Crippen molar-refractivity contribution < 1.29 is 0 Å². The highest BCUT2D eigenvalue weighted by atomic mass is 14.0. The highest BCUT2D eigenvalue weighted by Crippen LogP contribution is 2.12. The van der Waals surface area contributed by atoms with Gasteiger partial charge in [-0.3, -0.25) is 0 Å². The molecule has 1 rings (SSSR count). The molecule has 1 radical (unpaired) electrons. The first-order chi connectivity index (χ1) is 4.30. The van der Waals surface area contributed by atoms with Crippen LogP contribution in [0.2, 0.25) is 0 Å². The summed E-state index contributed by atoms with van der Waals surface area (Å²) in [4.78, 5) is 0. The van der Waals surface area contributed by atoms with Gasteiger partial charge in [0.1, 0.15) is 0 Å². The summed E-state index contributed by atoms with van der Waals surface area (Å²) in [5.41, 5.74) is 2.70. The lowest BCUT2D eigenvalue weighted by atomic mass is 10.0. The minimum absolute atomic E-state index is 1.05. The maximum absolute atomic E-state index is 3.19. The summed E-state index contributed by atoms with van der Waals surface area (Å²) in [6.45, 7) is 4.24. The highest BCUT2D eigenvalue weighted by molar-refractivity contribution is 5.27. The van der Waals surface area contributed by atoms with Crippen LogP contribution in [-0.4, -0.2) is 0 Å². The van der Waals surface area contributed by atoms with Crippen molar-refractivity contribution in [2.75, 3.05) is 0 Å². The Hall–Kier alpha value is -0.780. The molecular weight excluding hydrogens is 108 g/mol. The van der Waals surface area contributed by atoms with E-state index in [9.17, 15) is 0 Å². The molecule has 0 fully saturated rings. The molecule has 1 aliphatic carbocycles. The molecule has 0 bridgehead atoms. The first-order valence-corrected chi connectivity index (χ1v) is 3.22. The summed E-state index contributed by atoms with van der Waals surface area (Å²) in [6, 6.07) is 0. The van der Waals surface area contributed by atoms with Crippen LogP contribution in [-0.2, 0) is 0 Å². The first-order valence-electron chi connectivity index (χ1n) is 3.22. The summed E-state index contributed by atoms with van der Waals surface area (Å²) in [7, 11) is 0. The van der Waals surface area contributed by atoms with Gasteiger partial charge in [-0.05, 0) is 31.9 Å². The summed E-state index contributed by atoms with van der Waals surface area (Å²) in [6.07, 6.45) is 10.4. The van der Waals surface area contributed by atoms with Crippen LogP contribution in [0.15, 0.2) is 29.4 Å². The normalized spacial score (nSPS) is 16.4. The molecule has 0 amide bonds. The van der Waals surface area contributed by atoms with Gasteiger partial charge in [0.2, 0.25) is 0 Å². The van der Waals surface area contributed by atoms with Gasteiger partial charge in [0.05, 0.1) is 0 Å². The zero-order valence-electron chi connectivity index (χ0n) is 5.94. The van der Waals surface area contributed by atoms with Gasteiger partial charge >= 0.3 is 0 Å². The minimum Gasteiger partial charge on any atom is -0.0801 e. The zero-order valence-corrected chi connectivity index (χ0v) is 5.94. The van der Waals surface area contributed by atoms with E-state index in [1.165, 1.54) is 11.1 Å². The van der Waals surface area contributed by atoms with E-state index in [4.69, 9.17) is 0 Å². The van der Waals surface area contributed by atoms with Crippen molar-refractivity contribution in [3.63, 3.8) is 0 Å². The fourth-order valence-electron chi connectivity index (χ4n) is 0.810. The summed E-state index contributed by atoms with van der Waals surface area (Å²) < 4.78 is 0. The first kappa shape index (κ1) is 6.34. The van der Waals surface area contributed by atoms with Crippen molar-refractivity contribution in [3.05, 3.63) is 35.5 Å². The molecule has 0 N–H and O–H groups in total. The smallest absolute Gasteiger partial charge is 0.00888 e. The quantitative estimate of drug-likeness (QED) is 0.460. The van der Waals surface area contributed by atoms with E-state index < -0.39 is 0 Å². The molecule has 0 nitrogen and oxygen atoms in total. The van der Waals surface area contributed by atoms with Crippen LogP contribution >= 0.6 is 0 Å². The van der Waals surface area contributed by atoms with Crippen LogP contribution in [0, 0.1) is 6.08 Å². The van der Waals surface area contributed by atoms with Gasteiger partial charge in [0.15, 0.2) is 0 Å². The predicted octanol–water partition coefficient (Wildman–Crippen LogP) is 2.64. The Balaban J connectivity index is 2.78. The number of hydrogen-bond acceptors (Lipinski definition) is 0. The molecule has 9 heavy (non-hydrogen) atoms. The lowest BCUT2D eigenvalue weighted by Crippen LogP contribution is -1.83. The average Bonchev–Trinajstić information content (AvgIpc) is 1.90. The molecular formula is C9H11. The summed E-state index contributed by atoms with van der Waals surface area (Å²) in [5, 5.41) is 0. The van der Waals surface area contributed by atoms with Gasteiger partial charge in [-0.1, -0.05) is 23.8 Å². The van der Waals surface area contributed by atoms with E-state index in [2.05, 4.69) is 26.0 Å². The standard InChI is InChI=1S/C9H11/c1-8(2)9-6-4-3-5-7-9/h3-5H,6H2,1-2H3. The van der Waals surface area contributed by atoms with E-state index in [1.807, 2.05) is 12.2 Å². The second kappa shape index (κ2) is 2.67. The molecule has 0 spiro atoms. The van der Waals surface area contributed by atoms with E-state index in [1.54, 1.807) is 0 Å². The van der Waals surface area contributed by atoms with Crippen LogP contribution in [0.5, 0.6) is 0 Å². The second-order valence-corrected chi connectivity index (χ2v) is 2.42. The number of rotatable bonds is 0. The van der Waals surface area contributed by atoms with Crippen molar-refractivity contribution in [2.45, 2.75) is 20.3 Å². The molecule has 0 aliphatic heterocycles. The van der Waals surface area contributed by atoms with Crippen LogP contribution in [0.3, 0.4) is 0 Å². The van der Waals surface area contributed by atoms with E-state index in [0.717, 1.165) is 6.42 Å².